The number of morpholine rings is 1. The number of hydrogen-bond acceptors (Lipinski definition) is 7. The van der Waals surface area contributed by atoms with Gasteiger partial charge >= 0.3 is 0 Å². The summed E-state index contributed by atoms with van der Waals surface area (Å²) < 4.78 is 24.9. The molecule has 4 bridgehead atoms. The van der Waals surface area contributed by atoms with E-state index in [1.54, 1.807) is 12.1 Å². The van der Waals surface area contributed by atoms with Gasteiger partial charge in [-0.05, 0) is 62.6 Å². The lowest BCUT2D eigenvalue weighted by Gasteiger charge is -2.21. The number of hydrogen-bond donors (Lipinski definition) is 2. The van der Waals surface area contributed by atoms with Gasteiger partial charge in [0.1, 0.15) is 18.2 Å². The standard InChI is InChI=1S/C23H27FN4O.C5H11NO/c1-28-10-3-2-4-11-29-22-14-19(13-20(24)15-22)23(8-9-25)27-17-26-21-7-5-6-18(12-21)16-28;1-6-2-4-7-5-3-6/h2-3,5-9,12-15,26H,4,10-11,16-17,25H2,1H3;2-5H2,1H3/b3-2+,9-8-,27-23+;. The average Bonchev–Trinajstić information content (AvgIpc) is 2.86. The van der Waals surface area contributed by atoms with Gasteiger partial charge < -0.3 is 25.4 Å². The summed E-state index contributed by atoms with van der Waals surface area (Å²) >= 11 is 0. The minimum Gasteiger partial charge on any atom is -0.493 e. The Bertz CT molecular complexity index is 1030. The van der Waals surface area contributed by atoms with Crippen molar-refractivity contribution < 1.29 is 13.9 Å². The van der Waals surface area contributed by atoms with Crippen LogP contribution in [0.4, 0.5) is 10.1 Å². The molecule has 2 aliphatic rings. The van der Waals surface area contributed by atoms with Gasteiger partial charge in [0.15, 0.2) is 0 Å². The maximum Gasteiger partial charge on any atom is 0.127 e. The van der Waals surface area contributed by atoms with Crippen molar-refractivity contribution in [2.24, 2.45) is 10.7 Å². The van der Waals surface area contributed by atoms with Crippen molar-refractivity contribution in [2.75, 3.05) is 65.5 Å². The van der Waals surface area contributed by atoms with Crippen LogP contribution in [-0.2, 0) is 11.3 Å². The average molecular weight is 496 g/mol. The number of aliphatic imine (C=N–C) groups is 1. The van der Waals surface area contributed by atoms with Gasteiger partial charge in [-0.1, -0.05) is 24.3 Å². The van der Waals surface area contributed by atoms with E-state index in [2.05, 4.69) is 58.5 Å². The van der Waals surface area contributed by atoms with E-state index in [0.717, 1.165) is 51.5 Å². The Kier molecular flexibility index (Phi) is 11.4. The molecule has 2 aromatic rings. The summed E-state index contributed by atoms with van der Waals surface area (Å²) in [6.45, 7) is 6.54. The third kappa shape index (κ3) is 9.81. The van der Waals surface area contributed by atoms with Crippen molar-refractivity contribution in [3.63, 3.8) is 0 Å². The van der Waals surface area contributed by atoms with Gasteiger partial charge in [-0.25, -0.2) is 4.39 Å². The second-order valence-electron chi connectivity index (χ2n) is 8.83. The van der Waals surface area contributed by atoms with Gasteiger partial charge in [0.05, 0.1) is 25.5 Å². The molecule has 1 fully saturated rings. The van der Waals surface area contributed by atoms with Crippen molar-refractivity contribution in [3.05, 3.63) is 83.8 Å². The molecule has 194 valence electrons. The molecule has 0 atom stereocenters. The van der Waals surface area contributed by atoms with Crippen molar-refractivity contribution >= 4 is 11.4 Å². The summed E-state index contributed by atoms with van der Waals surface area (Å²) in [4.78, 5) is 9.06. The number of likely N-dealkylation sites (N-methyl/N-ethyl adjacent to an activating group) is 2. The van der Waals surface area contributed by atoms with Crippen molar-refractivity contribution in [2.45, 2.75) is 13.0 Å². The quantitative estimate of drug-likeness (QED) is 0.585. The molecular weight excluding hydrogens is 457 g/mol. The molecule has 0 aliphatic carbocycles. The Hall–Kier alpha value is -3.20. The summed E-state index contributed by atoms with van der Waals surface area (Å²) in [6, 6.07) is 12.9. The van der Waals surface area contributed by atoms with E-state index in [0.29, 0.717) is 30.3 Å². The molecule has 2 heterocycles. The molecule has 0 radical (unpaired) electrons. The van der Waals surface area contributed by atoms with Crippen LogP contribution in [0.2, 0.25) is 0 Å². The Labute approximate surface area is 214 Å². The first kappa shape index (κ1) is 27.4. The van der Waals surface area contributed by atoms with Crippen molar-refractivity contribution in [1.82, 2.24) is 9.80 Å². The molecule has 8 heteroatoms. The molecular formula is C28H38FN5O2. The fourth-order valence-corrected chi connectivity index (χ4v) is 3.77. The molecule has 36 heavy (non-hydrogen) atoms. The number of anilines is 1. The highest BCUT2D eigenvalue weighted by atomic mass is 19.1. The second kappa shape index (κ2) is 15.0. The van der Waals surface area contributed by atoms with Crippen LogP contribution >= 0.6 is 0 Å². The molecule has 0 spiro atoms. The topological polar surface area (TPSA) is 75.4 Å². The monoisotopic (exact) mass is 495 g/mol. The van der Waals surface area contributed by atoms with E-state index >= 15 is 0 Å². The lowest BCUT2D eigenvalue weighted by Crippen LogP contribution is -2.32. The lowest BCUT2D eigenvalue weighted by atomic mass is 10.1. The van der Waals surface area contributed by atoms with Gasteiger partial charge in [0.2, 0.25) is 0 Å². The SMILES string of the molecule is CN1C/C=C/CCOc2cc(F)cc(c2)C(/C=C\N)=N/CNc2cccc(c2)C1.CN1CCOCC1. The highest BCUT2D eigenvalue weighted by Gasteiger charge is 2.07. The van der Waals surface area contributed by atoms with Crippen LogP contribution in [0.5, 0.6) is 5.75 Å². The van der Waals surface area contributed by atoms with E-state index in [-0.39, 0.29) is 5.82 Å². The maximum atomic E-state index is 14.1. The van der Waals surface area contributed by atoms with Crippen LogP contribution in [0.3, 0.4) is 0 Å². The third-order valence-electron chi connectivity index (χ3n) is 5.70. The molecule has 0 aromatic heterocycles. The molecule has 2 aliphatic heterocycles. The van der Waals surface area contributed by atoms with E-state index < -0.39 is 0 Å². The van der Waals surface area contributed by atoms with Crippen LogP contribution in [0.25, 0.3) is 0 Å². The van der Waals surface area contributed by atoms with E-state index in [1.807, 2.05) is 12.1 Å². The Balaban J connectivity index is 0.000000444. The summed E-state index contributed by atoms with van der Waals surface area (Å²) in [6.07, 6.45) is 8.03. The predicted octanol–water partition coefficient (Wildman–Crippen LogP) is 3.88. The highest BCUT2D eigenvalue weighted by Crippen LogP contribution is 2.19. The molecule has 4 rings (SSSR count). The van der Waals surface area contributed by atoms with E-state index in [4.69, 9.17) is 15.2 Å². The van der Waals surface area contributed by atoms with Crippen molar-refractivity contribution in [3.8, 4) is 5.75 Å². The number of rotatable bonds is 1. The smallest absolute Gasteiger partial charge is 0.127 e. The van der Waals surface area contributed by atoms with Crippen LogP contribution in [0.1, 0.15) is 17.5 Å². The number of nitrogens with zero attached hydrogens (tertiary/aromatic N) is 3. The fraction of sp³-hybridized carbons (Fsp3) is 0.393. The molecule has 3 N–H and O–H groups in total. The van der Waals surface area contributed by atoms with Gasteiger partial charge in [0.25, 0.3) is 0 Å². The number of ether oxygens (including phenoxy) is 2. The fourth-order valence-electron chi connectivity index (χ4n) is 3.77. The number of halogens is 1. The van der Waals surface area contributed by atoms with Crippen molar-refractivity contribution in [1.29, 1.82) is 0 Å². The third-order valence-corrected chi connectivity index (χ3v) is 5.70. The zero-order chi connectivity index (χ0) is 25.6. The van der Waals surface area contributed by atoms with Gasteiger partial charge in [-0.3, -0.25) is 9.89 Å². The Morgan fingerprint density at radius 3 is 2.61 bits per heavy atom. The van der Waals surface area contributed by atoms with Crippen LogP contribution in [0, 0.1) is 5.82 Å². The minimum absolute atomic E-state index is 0.342. The number of fused-ring (bicyclic) bond motifs is 4. The zero-order valence-electron chi connectivity index (χ0n) is 21.3. The van der Waals surface area contributed by atoms with Crippen LogP contribution < -0.4 is 15.8 Å². The largest absolute Gasteiger partial charge is 0.493 e. The van der Waals surface area contributed by atoms with Gasteiger partial charge in [-0.15, -0.1) is 0 Å². The molecule has 7 nitrogen and oxygen atoms in total. The zero-order valence-corrected chi connectivity index (χ0v) is 21.3. The summed E-state index contributed by atoms with van der Waals surface area (Å²) in [5.41, 5.74) is 8.98. The van der Waals surface area contributed by atoms with E-state index in [1.165, 1.54) is 23.9 Å². The second-order valence-corrected chi connectivity index (χ2v) is 8.83. The molecule has 0 amide bonds. The van der Waals surface area contributed by atoms with Crippen LogP contribution in [0.15, 0.2) is 71.9 Å². The molecule has 1 saturated heterocycles. The number of benzene rings is 2. The first-order valence-electron chi connectivity index (χ1n) is 12.3. The van der Waals surface area contributed by atoms with Crippen LogP contribution in [-0.4, -0.2) is 75.7 Å². The Morgan fingerprint density at radius 2 is 1.86 bits per heavy atom. The minimum atomic E-state index is -0.372. The van der Waals surface area contributed by atoms with E-state index in [9.17, 15) is 4.39 Å². The molecule has 0 saturated carbocycles. The predicted molar refractivity (Wildman–Crippen MR) is 145 cm³/mol. The summed E-state index contributed by atoms with van der Waals surface area (Å²) in [5, 5.41) is 3.29. The first-order chi connectivity index (χ1) is 17.5. The summed E-state index contributed by atoms with van der Waals surface area (Å²) in [5.74, 6) is 0.105. The maximum absolute atomic E-state index is 14.1. The Morgan fingerprint density at radius 1 is 1.03 bits per heavy atom. The van der Waals surface area contributed by atoms with Gasteiger partial charge in [-0.2, -0.15) is 0 Å². The summed E-state index contributed by atoms with van der Waals surface area (Å²) in [7, 11) is 4.20. The number of nitrogens with one attached hydrogen (secondary N) is 1. The number of nitrogens with two attached hydrogens (primary N) is 1. The van der Waals surface area contributed by atoms with Gasteiger partial charge in [0, 0.05) is 43.5 Å². The molecule has 0 unspecified atom stereocenters. The molecule has 2 aromatic carbocycles. The number of allylic oxidation sites excluding steroid dienone is 1. The normalized spacial score (nSPS) is 20.5. The highest BCUT2D eigenvalue weighted by molar-refractivity contribution is 6.08. The lowest BCUT2D eigenvalue weighted by molar-refractivity contribution is 0.0503. The first-order valence-corrected chi connectivity index (χ1v) is 12.3.